The van der Waals surface area contributed by atoms with Crippen molar-refractivity contribution in [2.24, 2.45) is 0 Å². The van der Waals surface area contributed by atoms with Crippen LogP contribution in [-0.2, 0) is 9.47 Å². The summed E-state index contributed by atoms with van der Waals surface area (Å²) in [7, 11) is 0. The third-order valence-electron chi connectivity index (χ3n) is 1.06. The van der Waals surface area contributed by atoms with Gasteiger partial charge in [0.2, 0.25) is 6.36 Å². The van der Waals surface area contributed by atoms with Crippen molar-refractivity contribution in [2.45, 2.75) is 25.6 Å². The first-order valence-corrected chi connectivity index (χ1v) is 3.55. The van der Waals surface area contributed by atoms with Gasteiger partial charge in [-0.2, -0.15) is 22.0 Å². The molecule has 0 aromatic rings. The zero-order valence-electron chi connectivity index (χ0n) is 7.08. The van der Waals surface area contributed by atoms with E-state index in [1.165, 1.54) is 6.92 Å². The van der Waals surface area contributed by atoms with Crippen molar-refractivity contribution in [2.75, 3.05) is 13.2 Å². The van der Waals surface area contributed by atoms with E-state index in [1.54, 1.807) is 0 Å². The van der Waals surface area contributed by atoms with Crippen LogP contribution < -0.4 is 0 Å². The van der Waals surface area contributed by atoms with Gasteiger partial charge in [-0.15, -0.1) is 0 Å². The predicted molar refractivity (Wildman–Crippen MR) is 33.5 cm³/mol. The second-order valence-corrected chi connectivity index (χ2v) is 2.20. The number of halogens is 6. The highest BCUT2D eigenvalue weighted by atomic mass is 19.4. The third-order valence-corrected chi connectivity index (χ3v) is 1.06. The van der Waals surface area contributed by atoms with Crippen molar-refractivity contribution >= 4 is 0 Å². The number of hydrogen-bond acceptors (Lipinski definition) is 2. The molecule has 0 amide bonds. The zero-order valence-corrected chi connectivity index (χ0v) is 7.08. The molecule has 8 heteroatoms. The molecule has 0 radical (unpaired) electrons. The summed E-state index contributed by atoms with van der Waals surface area (Å²) in [5.41, 5.74) is 0. The molecule has 86 valence electrons. The van der Waals surface area contributed by atoms with E-state index in [2.05, 4.69) is 9.47 Å². The lowest BCUT2D eigenvalue weighted by atomic mass is 10.6. The molecule has 0 heterocycles. The molecule has 14 heavy (non-hydrogen) atoms. The van der Waals surface area contributed by atoms with E-state index in [0.29, 0.717) is 0 Å². The Morgan fingerprint density at radius 2 is 1.64 bits per heavy atom. The van der Waals surface area contributed by atoms with Crippen LogP contribution in [0, 0.1) is 0 Å². The average molecular weight is 226 g/mol. The van der Waals surface area contributed by atoms with Gasteiger partial charge in [0, 0.05) is 6.61 Å². The van der Waals surface area contributed by atoms with E-state index >= 15 is 0 Å². The second-order valence-electron chi connectivity index (χ2n) is 2.20. The molecular weight excluding hydrogens is 218 g/mol. The van der Waals surface area contributed by atoms with E-state index in [4.69, 9.17) is 0 Å². The summed E-state index contributed by atoms with van der Waals surface area (Å²) in [6.45, 7) is 0.443. The highest BCUT2D eigenvalue weighted by Crippen LogP contribution is 2.37. The van der Waals surface area contributed by atoms with Gasteiger partial charge in [0.15, 0.2) is 0 Å². The van der Waals surface area contributed by atoms with Crippen molar-refractivity contribution < 1.29 is 35.8 Å². The van der Waals surface area contributed by atoms with Crippen LogP contribution in [0.2, 0.25) is 0 Å². The molecule has 2 nitrogen and oxygen atoms in total. The van der Waals surface area contributed by atoms with Crippen LogP contribution >= 0.6 is 0 Å². The first-order valence-electron chi connectivity index (χ1n) is 3.55. The van der Waals surface area contributed by atoms with Gasteiger partial charge in [0.05, 0.1) is 0 Å². The van der Waals surface area contributed by atoms with Gasteiger partial charge in [0.25, 0.3) is 0 Å². The van der Waals surface area contributed by atoms with Crippen LogP contribution in [-0.4, -0.2) is 31.9 Å². The molecule has 0 saturated heterocycles. The largest absolute Gasteiger partial charge is 0.483 e. The fourth-order valence-electron chi connectivity index (χ4n) is 0.472. The Morgan fingerprint density at radius 1 is 1.14 bits per heavy atom. The van der Waals surface area contributed by atoms with Crippen molar-refractivity contribution in [3.05, 3.63) is 0 Å². The first kappa shape index (κ1) is 13.5. The van der Waals surface area contributed by atoms with Gasteiger partial charge in [-0.05, 0) is 6.92 Å². The Bertz CT molecular complexity index is 168. The summed E-state index contributed by atoms with van der Waals surface area (Å²) in [5, 5.41) is 0. The molecule has 0 rings (SSSR count). The summed E-state index contributed by atoms with van der Waals surface area (Å²) in [6.07, 6.45) is -14.2. The fourth-order valence-corrected chi connectivity index (χ4v) is 0.472. The van der Waals surface area contributed by atoms with E-state index in [0.717, 1.165) is 0 Å². The molecule has 1 unspecified atom stereocenters. The van der Waals surface area contributed by atoms with Crippen LogP contribution in [0.25, 0.3) is 0 Å². The van der Waals surface area contributed by atoms with Crippen molar-refractivity contribution in [1.29, 1.82) is 0 Å². The minimum Gasteiger partial charge on any atom is -0.376 e. The Hall–Kier alpha value is -0.500. The normalized spacial score (nSPS) is 15.6. The number of ether oxygens (including phenoxy) is 2. The van der Waals surface area contributed by atoms with Gasteiger partial charge in [-0.3, -0.25) is 4.74 Å². The Balaban J connectivity index is 4.08. The molecule has 0 aromatic heterocycles. The molecule has 1 atom stereocenters. The lowest BCUT2D eigenvalue weighted by Crippen LogP contribution is -2.42. The smallest absolute Gasteiger partial charge is 0.376 e. The lowest BCUT2D eigenvalue weighted by molar-refractivity contribution is -0.415. The number of alkyl halides is 6. The molecule has 0 spiro atoms. The molecule has 0 N–H and O–H groups in total. The summed E-state index contributed by atoms with van der Waals surface area (Å²) < 4.78 is 77.6. The first-order chi connectivity index (χ1) is 6.20. The zero-order chi connectivity index (χ0) is 11.4. The summed E-state index contributed by atoms with van der Waals surface area (Å²) >= 11 is 0. The minimum atomic E-state index is -5.93. The van der Waals surface area contributed by atoms with Crippen LogP contribution in [0.3, 0.4) is 0 Å². The Morgan fingerprint density at radius 3 is 2.00 bits per heavy atom. The molecule has 0 aliphatic rings. The summed E-state index contributed by atoms with van der Waals surface area (Å²) in [4.78, 5) is 0. The molecule has 0 saturated carbocycles. The highest BCUT2D eigenvalue weighted by molar-refractivity contribution is 4.64. The van der Waals surface area contributed by atoms with E-state index < -0.39 is 25.2 Å². The van der Waals surface area contributed by atoms with Gasteiger partial charge in [-0.25, -0.2) is 4.39 Å². The predicted octanol–water partition coefficient (Wildman–Crippen LogP) is 2.49. The lowest BCUT2D eigenvalue weighted by Gasteiger charge is -2.21. The quantitative estimate of drug-likeness (QED) is 0.670. The molecular formula is C6H8F6O2. The van der Waals surface area contributed by atoms with Crippen molar-refractivity contribution in [3.63, 3.8) is 0 Å². The number of rotatable bonds is 5. The van der Waals surface area contributed by atoms with Crippen molar-refractivity contribution in [3.8, 4) is 0 Å². The van der Waals surface area contributed by atoms with Gasteiger partial charge in [-0.1, -0.05) is 0 Å². The van der Waals surface area contributed by atoms with Gasteiger partial charge in [0.1, 0.15) is 6.61 Å². The third kappa shape index (κ3) is 4.14. The average Bonchev–Trinajstić information content (AvgIpc) is 1.97. The maximum Gasteiger partial charge on any atom is 0.483 e. The summed E-state index contributed by atoms with van der Waals surface area (Å²) in [6, 6.07) is 0. The summed E-state index contributed by atoms with van der Waals surface area (Å²) in [5.74, 6) is 0. The van der Waals surface area contributed by atoms with E-state index in [9.17, 15) is 26.3 Å². The van der Waals surface area contributed by atoms with Crippen LogP contribution in [0.5, 0.6) is 0 Å². The second kappa shape index (κ2) is 4.83. The van der Waals surface area contributed by atoms with Gasteiger partial charge < -0.3 is 4.74 Å². The number of hydrogen-bond donors (Lipinski definition) is 0. The Kier molecular flexibility index (Phi) is 4.66. The SMILES string of the molecule is CCOCC(F)OC(F)(F)C(F)(F)F. The van der Waals surface area contributed by atoms with Crippen molar-refractivity contribution in [1.82, 2.24) is 0 Å². The molecule has 0 bridgehead atoms. The van der Waals surface area contributed by atoms with Crippen LogP contribution in [0.1, 0.15) is 6.92 Å². The molecule has 0 aromatic carbocycles. The standard InChI is InChI=1S/C6H8F6O2/c1-2-13-3-4(7)14-6(11,12)5(8,9)10/h4H,2-3H2,1H3. The van der Waals surface area contributed by atoms with Gasteiger partial charge >= 0.3 is 12.3 Å². The monoisotopic (exact) mass is 226 g/mol. The van der Waals surface area contributed by atoms with Crippen LogP contribution in [0.4, 0.5) is 26.3 Å². The Labute approximate surface area is 75.8 Å². The minimum absolute atomic E-state index is 0.0125. The highest BCUT2D eigenvalue weighted by Gasteiger charge is 2.60. The fraction of sp³-hybridized carbons (Fsp3) is 1.00. The molecule has 0 fully saturated rings. The molecule has 0 aliphatic carbocycles. The van der Waals surface area contributed by atoms with E-state index in [-0.39, 0.29) is 6.61 Å². The van der Waals surface area contributed by atoms with E-state index in [1.807, 2.05) is 0 Å². The maximum atomic E-state index is 12.3. The van der Waals surface area contributed by atoms with Crippen LogP contribution in [0.15, 0.2) is 0 Å². The topological polar surface area (TPSA) is 18.5 Å². The maximum absolute atomic E-state index is 12.3. The molecule has 0 aliphatic heterocycles.